The lowest BCUT2D eigenvalue weighted by Crippen LogP contribution is -2.35. The predicted molar refractivity (Wildman–Crippen MR) is 118 cm³/mol. The van der Waals surface area contributed by atoms with E-state index in [0.29, 0.717) is 25.1 Å². The van der Waals surface area contributed by atoms with Crippen molar-refractivity contribution in [3.05, 3.63) is 69.4 Å². The van der Waals surface area contributed by atoms with E-state index < -0.39 is 11.9 Å². The number of amidine groups is 1. The van der Waals surface area contributed by atoms with Crippen molar-refractivity contribution < 1.29 is 19.8 Å². The summed E-state index contributed by atoms with van der Waals surface area (Å²) in [7, 11) is 0. The quantitative estimate of drug-likeness (QED) is 0.547. The van der Waals surface area contributed by atoms with Crippen LogP contribution in [-0.4, -0.2) is 45.5 Å². The Morgan fingerprint density at radius 1 is 1.23 bits per heavy atom. The molecule has 2 aromatic rings. The van der Waals surface area contributed by atoms with Crippen molar-refractivity contribution in [1.29, 1.82) is 0 Å². The fourth-order valence-electron chi connectivity index (χ4n) is 3.48. The van der Waals surface area contributed by atoms with Gasteiger partial charge in [-0.1, -0.05) is 31.5 Å². The molecule has 0 fully saturated rings. The smallest absolute Gasteiger partial charge is 0.335 e. The van der Waals surface area contributed by atoms with Crippen LogP contribution < -0.4 is 0 Å². The predicted octanol–water partition coefficient (Wildman–Crippen LogP) is 4.47. The Hall–Kier alpha value is -2.93. The molecule has 2 N–H and O–H groups in total. The molecular weight excluding hydrogens is 400 g/mol. The van der Waals surface area contributed by atoms with E-state index >= 15 is 0 Å². The molecule has 0 bridgehead atoms. The Kier molecular flexibility index (Phi) is 7.41. The molecule has 1 atom stereocenters. The zero-order valence-electron chi connectivity index (χ0n) is 17.0. The second-order valence-electron chi connectivity index (χ2n) is 7.31. The van der Waals surface area contributed by atoms with Crippen molar-refractivity contribution in [2.24, 2.45) is 4.99 Å². The number of rotatable bonds is 10. The fraction of sp³-hybridized carbons (Fsp3) is 0.348. The standard InChI is InChI=1S/C23H26N2O4S/c1-2-3-6-21-24-14-19(12-18(23(28)29)13-20-5-4-11-30-20)25(21)15-16-7-9-17(10-8-16)22(26)27/h4-5,7-12,19H,2-3,6,13-15H2,1H3,(H,26,27)(H,28,29)/b18-12+. The maximum atomic E-state index is 11.9. The topological polar surface area (TPSA) is 90.2 Å². The third kappa shape index (κ3) is 5.57. The van der Waals surface area contributed by atoms with Crippen molar-refractivity contribution in [2.45, 2.75) is 45.2 Å². The maximum absolute atomic E-state index is 11.9. The number of benzene rings is 1. The first-order chi connectivity index (χ1) is 14.5. The second kappa shape index (κ2) is 10.2. The maximum Gasteiger partial charge on any atom is 0.335 e. The number of thiophene rings is 1. The van der Waals surface area contributed by atoms with Crippen molar-refractivity contribution in [2.75, 3.05) is 6.54 Å². The summed E-state index contributed by atoms with van der Waals surface area (Å²) in [6.07, 6.45) is 5.15. The number of carbonyl (C=O) groups is 2. The number of unbranched alkanes of at least 4 members (excludes halogenated alkanes) is 1. The van der Waals surface area contributed by atoms with E-state index in [-0.39, 0.29) is 11.6 Å². The van der Waals surface area contributed by atoms with Crippen LogP contribution in [0.5, 0.6) is 0 Å². The number of aliphatic carboxylic acids is 1. The second-order valence-corrected chi connectivity index (χ2v) is 8.34. The summed E-state index contributed by atoms with van der Waals surface area (Å²) in [6.45, 7) is 3.23. The normalized spacial score (nSPS) is 16.6. The summed E-state index contributed by atoms with van der Waals surface area (Å²) in [4.78, 5) is 30.8. The molecule has 1 aliphatic heterocycles. The first-order valence-electron chi connectivity index (χ1n) is 10.1. The number of aromatic carboxylic acids is 1. The molecule has 0 amide bonds. The Morgan fingerprint density at radius 2 is 2.00 bits per heavy atom. The summed E-state index contributed by atoms with van der Waals surface area (Å²) < 4.78 is 0. The first kappa shape index (κ1) is 21.8. The molecule has 1 aromatic heterocycles. The van der Waals surface area contributed by atoms with E-state index in [4.69, 9.17) is 10.1 Å². The van der Waals surface area contributed by atoms with E-state index in [1.165, 1.54) is 0 Å². The zero-order valence-corrected chi connectivity index (χ0v) is 17.8. The summed E-state index contributed by atoms with van der Waals surface area (Å²) in [5.41, 5.74) is 1.60. The van der Waals surface area contributed by atoms with Gasteiger partial charge in [0.15, 0.2) is 0 Å². The van der Waals surface area contributed by atoms with E-state index in [0.717, 1.165) is 35.5 Å². The van der Waals surface area contributed by atoms with Crippen molar-refractivity contribution in [1.82, 2.24) is 4.90 Å². The molecule has 2 heterocycles. The Morgan fingerprint density at radius 3 is 2.60 bits per heavy atom. The number of carboxylic acids is 2. The summed E-state index contributed by atoms with van der Waals surface area (Å²) in [5.74, 6) is -0.870. The van der Waals surface area contributed by atoms with Crippen LogP contribution in [0, 0.1) is 0 Å². The molecule has 1 aromatic carbocycles. The average molecular weight is 427 g/mol. The van der Waals surface area contributed by atoms with E-state index in [9.17, 15) is 14.7 Å². The number of hydrogen-bond donors (Lipinski definition) is 2. The Labute approximate surface area is 180 Å². The van der Waals surface area contributed by atoms with Gasteiger partial charge in [-0.2, -0.15) is 0 Å². The summed E-state index contributed by atoms with van der Waals surface area (Å²) >= 11 is 1.55. The number of carboxylic acid groups (broad SMARTS) is 2. The molecule has 7 heteroatoms. The molecule has 0 spiro atoms. The van der Waals surface area contributed by atoms with Crippen LogP contribution in [0.2, 0.25) is 0 Å². The molecule has 0 saturated heterocycles. The van der Waals surface area contributed by atoms with Gasteiger partial charge in [-0.15, -0.1) is 11.3 Å². The Bertz CT molecular complexity index is 933. The summed E-state index contributed by atoms with van der Waals surface area (Å²) in [5, 5.41) is 20.8. The van der Waals surface area contributed by atoms with E-state index in [1.54, 1.807) is 23.5 Å². The minimum Gasteiger partial charge on any atom is -0.478 e. The van der Waals surface area contributed by atoms with Crippen molar-refractivity contribution >= 4 is 29.1 Å². The Balaban J connectivity index is 1.82. The number of aliphatic imine (C=N–C) groups is 1. The SMILES string of the molecule is CCCCC1=NCC(/C=C(\Cc2cccs2)C(=O)O)N1Cc1ccc(C(=O)O)cc1. The molecular formula is C23H26N2O4S. The van der Waals surface area contributed by atoms with E-state index in [1.807, 2.05) is 35.7 Å². The number of hydrogen-bond acceptors (Lipinski definition) is 5. The first-order valence-corrected chi connectivity index (χ1v) is 10.9. The van der Waals surface area contributed by atoms with Gasteiger partial charge >= 0.3 is 11.9 Å². The third-order valence-electron chi connectivity index (χ3n) is 5.11. The van der Waals surface area contributed by atoms with Crippen molar-refractivity contribution in [3.8, 4) is 0 Å². The molecule has 3 rings (SSSR count). The van der Waals surface area contributed by atoms with Gasteiger partial charge in [0.2, 0.25) is 0 Å². The lowest BCUT2D eigenvalue weighted by atomic mass is 10.1. The molecule has 158 valence electrons. The van der Waals surface area contributed by atoms with E-state index in [2.05, 4.69) is 11.8 Å². The van der Waals surface area contributed by atoms with Crippen LogP contribution in [-0.2, 0) is 17.8 Å². The molecule has 0 radical (unpaired) electrons. The average Bonchev–Trinajstić information content (AvgIpc) is 3.37. The molecule has 0 saturated carbocycles. The van der Waals surface area contributed by atoms with Gasteiger partial charge in [-0.3, -0.25) is 4.99 Å². The van der Waals surface area contributed by atoms with Gasteiger partial charge in [0.1, 0.15) is 0 Å². The van der Waals surface area contributed by atoms with Gasteiger partial charge in [0, 0.05) is 29.8 Å². The fourth-order valence-corrected chi connectivity index (χ4v) is 4.20. The highest BCUT2D eigenvalue weighted by molar-refractivity contribution is 7.09. The lowest BCUT2D eigenvalue weighted by Gasteiger charge is -2.27. The molecule has 6 nitrogen and oxygen atoms in total. The van der Waals surface area contributed by atoms with Gasteiger partial charge in [0.25, 0.3) is 0 Å². The van der Waals surface area contributed by atoms with Crippen molar-refractivity contribution in [3.63, 3.8) is 0 Å². The van der Waals surface area contributed by atoms with Crippen LogP contribution >= 0.6 is 11.3 Å². The lowest BCUT2D eigenvalue weighted by molar-refractivity contribution is -0.132. The minimum atomic E-state index is -0.951. The van der Waals surface area contributed by atoms with Gasteiger partial charge in [-0.05, 0) is 41.6 Å². The number of nitrogens with zero attached hydrogens (tertiary/aromatic N) is 2. The molecule has 0 aliphatic carbocycles. The molecule has 1 unspecified atom stereocenters. The zero-order chi connectivity index (χ0) is 21.5. The monoisotopic (exact) mass is 426 g/mol. The molecule has 1 aliphatic rings. The largest absolute Gasteiger partial charge is 0.478 e. The highest BCUT2D eigenvalue weighted by Crippen LogP contribution is 2.23. The van der Waals surface area contributed by atoms with Gasteiger partial charge < -0.3 is 15.1 Å². The molecule has 30 heavy (non-hydrogen) atoms. The summed E-state index contributed by atoms with van der Waals surface area (Å²) in [6, 6.07) is 10.6. The highest BCUT2D eigenvalue weighted by Gasteiger charge is 2.27. The van der Waals surface area contributed by atoms with Crippen LogP contribution in [0.15, 0.2) is 58.4 Å². The van der Waals surface area contributed by atoms with Crippen LogP contribution in [0.25, 0.3) is 0 Å². The van der Waals surface area contributed by atoms with Gasteiger partial charge in [-0.25, -0.2) is 9.59 Å². The third-order valence-corrected chi connectivity index (χ3v) is 5.99. The van der Waals surface area contributed by atoms with Crippen LogP contribution in [0.4, 0.5) is 0 Å². The van der Waals surface area contributed by atoms with Crippen LogP contribution in [0.1, 0.15) is 47.0 Å². The highest BCUT2D eigenvalue weighted by atomic mass is 32.1. The van der Waals surface area contributed by atoms with Crippen LogP contribution in [0.3, 0.4) is 0 Å². The van der Waals surface area contributed by atoms with Gasteiger partial charge in [0.05, 0.1) is 24.0 Å². The minimum absolute atomic E-state index is 0.123.